The van der Waals surface area contributed by atoms with Crippen molar-refractivity contribution >= 4 is 16.9 Å². The van der Waals surface area contributed by atoms with Gasteiger partial charge in [-0.05, 0) is 0 Å². The van der Waals surface area contributed by atoms with E-state index in [-0.39, 0.29) is 11.0 Å². The first-order valence-electron chi connectivity index (χ1n) is 12.6. The van der Waals surface area contributed by atoms with Crippen LogP contribution in [0.5, 0.6) is 5.75 Å². The zero-order chi connectivity index (χ0) is 23.5. The molecule has 5 nitrogen and oxygen atoms in total. The topological polar surface area (TPSA) is 65.1 Å². The zero-order valence-electron chi connectivity index (χ0n) is 20.7. The van der Waals surface area contributed by atoms with Crippen LogP contribution in [-0.4, -0.2) is 52.4 Å². The van der Waals surface area contributed by atoms with Crippen LogP contribution in [0.3, 0.4) is 0 Å². The standard InChI is InChI=1S/C25H45O5PS/c1-5-9-17-31(18-10-6-2,19-11-7-3,20-12-8-4)30-32(26,27)25-15-13-23(14-16-25)28-21-24-22-29-24/h13-16,24H,5-12,17-22H2,1-4H3. The van der Waals surface area contributed by atoms with Gasteiger partial charge in [0.1, 0.15) is 0 Å². The molecule has 1 unspecified atom stereocenters. The van der Waals surface area contributed by atoms with Crippen LogP contribution >= 0.6 is 6.83 Å². The number of unbranched alkanes of at least 4 members (excludes halogenated alkanes) is 4. The van der Waals surface area contributed by atoms with Crippen molar-refractivity contribution in [2.45, 2.75) is 90.1 Å². The van der Waals surface area contributed by atoms with Gasteiger partial charge in [0.15, 0.2) is 0 Å². The first kappa shape index (κ1) is 27.6. The molecule has 1 saturated heterocycles. The second-order valence-electron chi connectivity index (χ2n) is 9.43. The van der Waals surface area contributed by atoms with Crippen LogP contribution in [0.25, 0.3) is 0 Å². The Bertz CT molecular complexity index is 731. The van der Waals surface area contributed by atoms with E-state index in [1.54, 1.807) is 24.3 Å². The van der Waals surface area contributed by atoms with E-state index in [2.05, 4.69) is 27.7 Å². The van der Waals surface area contributed by atoms with Crippen molar-refractivity contribution in [1.82, 2.24) is 0 Å². The molecule has 7 heteroatoms. The quantitative estimate of drug-likeness (QED) is 0.167. The summed E-state index contributed by atoms with van der Waals surface area (Å²) in [7, 11) is -3.86. The van der Waals surface area contributed by atoms with Crippen LogP contribution in [0.15, 0.2) is 29.2 Å². The summed E-state index contributed by atoms with van der Waals surface area (Å²) in [6, 6.07) is 6.71. The predicted octanol–water partition coefficient (Wildman–Crippen LogP) is 6.84. The number of hydrogen-bond donors (Lipinski definition) is 0. The maximum absolute atomic E-state index is 13.6. The molecular weight excluding hydrogens is 443 g/mol. The van der Waals surface area contributed by atoms with Crippen LogP contribution in [0.4, 0.5) is 0 Å². The van der Waals surface area contributed by atoms with E-state index in [0.717, 1.165) is 82.6 Å². The third-order valence-corrected chi connectivity index (χ3v) is 15.7. The average molecular weight is 489 g/mol. The van der Waals surface area contributed by atoms with Gasteiger partial charge in [0.2, 0.25) is 0 Å². The summed E-state index contributed by atoms with van der Waals surface area (Å²) in [4.78, 5) is 0.238. The third-order valence-electron chi connectivity index (χ3n) is 6.57. The number of rotatable bonds is 18. The van der Waals surface area contributed by atoms with E-state index < -0.39 is 16.9 Å². The second-order valence-corrected chi connectivity index (χ2v) is 16.9. The summed E-state index contributed by atoms with van der Waals surface area (Å²) >= 11 is 0. The van der Waals surface area contributed by atoms with E-state index in [1.165, 1.54) is 0 Å². The number of ether oxygens (including phenoxy) is 2. The normalized spacial score (nSPS) is 17.6. The van der Waals surface area contributed by atoms with Gasteiger partial charge in [0.25, 0.3) is 0 Å². The number of benzene rings is 1. The Kier molecular flexibility index (Phi) is 10.9. The molecule has 0 N–H and O–H groups in total. The molecule has 1 aliphatic heterocycles. The van der Waals surface area contributed by atoms with Gasteiger partial charge in [0, 0.05) is 0 Å². The Morgan fingerprint density at radius 1 is 0.844 bits per heavy atom. The van der Waals surface area contributed by atoms with Crippen molar-refractivity contribution in [1.29, 1.82) is 0 Å². The Morgan fingerprint density at radius 3 is 1.66 bits per heavy atom. The maximum atomic E-state index is 13.6. The van der Waals surface area contributed by atoms with Crippen molar-refractivity contribution in [3.05, 3.63) is 24.3 Å². The van der Waals surface area contributed by atoms with Crippen molar-refractivity contribution in [2.75, 3.05) is 37.9 Å². The van der Waals surface area contributed by atoms with Gasteiger partial charge in [-0.2, -0.15) is 0 Å². The Balaban J connectivity index is 2.36. The van der Waals surface area contributed by atoms with Crippen LogP contribution in [0, 0.1) is 0 Å². The molecule has 0 aromatic heterocycles. The van der Waals surface area contributed by atoms with Crippen LogP contribution in [-0.2, 0) is 18.8 Å². The molecule has 2 rings (SSSR count). The summed E-state index contributed by atoms with van der Waals surface area (Å²) < 4.78 is 44.7. The molecule has 0 aliphatic carbocycles. The first-order valence-corrected chi connectivity index (χ1v) is 16.9. The van der Waals surface area contributed by atoms with Gasteiger partial charge < -0.3 is 0 Å². The monoisotopic (exact) mass is 488 g/mol. The van der Waals surface area contributed by atoms with E-state index in [1.807, 2.05) is 0 Å². The molecule has 1 aliphatic rings. The van der Waals surface area contributed by atoms with E-state index >= 15 is 0 Å². The first-order chi connectivity index (χ1) is 15.3. The average Bonchev–Trinajstić information content (AvgIpc) is 3.62. The van der Waals surface area contributed by atoms with Gasteiger partial charge in [0.05, 0.1) is 0 Å². The van der Waals surface area contributed by atoms with Crippen LogP contribution < -0.4 is 4.74 Å². The SMILES string of the molecule is CCCCP(CCCC)(CCCC)(CCCC)OS(=O)(=O)c1ccc(OCC2CO2)cc1. The van der Waals surface area contributed by atoms with Gasteiger partial charge >= 0.3 is 197 Å². The molecule has 32 heavy (non-hydrogen) atoms. The second kappa shape index (κ2) is 12.7. The summed E-state index contributed by atoms with van der Waals surface area (Å²) in [5.74, 6) is 0.658. The summed E-state index contributed by atoms with van der Waals surface area (Å²) in [6.07, 6.45) is 12.2. The van der Waals surface area contributed by atoms with Gasteiger partial charge in [-0.3, -0.25) is 0 Å². The van der Waals surface area contributed by atoms with Crippen LogP contribution in [0.2, 0.25) is 0 Å². The molecule has 1 aromatic carbocycles. The van der Waals surface area contributed by atoms with E-state index in [0.29, 0.717) is 12.4 Å². The molecule has 0 saturated carbocycles. The van der Waals surface area contributed by atoms with Gasteiger partial charge in [-0.1, -0.05) is 0 Å². The molecule has 0 bridgehead atoms. The summed E-state index contributed by atoms with van der Waals surface area (Å²) in [5, 5.41) is 0. The molecule has 0 amide bonds. The van der Waals surface area contributed by atoms with Crippen molar-refractivity contribution in [3.8, 4) is 5.75 Å². The molecule has 1 heterocycles. The molecule has 0 radical (unpaired) electrons. The minimum atomic E-state index is -3.86. The molecule has 1 fully saturated rings. The molecular formula is C25H45O5PS. The van der Waals surface area contributed by atoms with E-state index in [9.17, 15) is 8.42 Å². The van der Waals surface area contributed by atoms with Crippen molar-refractivity contribution in [2.24, 2.45) is 0 Å². The minimum absolute atomic E-state index is 0.169. The molecule has 1 aromatic rings. The van der Waals surface area contributed by atoms with Crippen molar-refractivity contribution < 1.29 is 21.9 Å². The van der Waals surface area contributed by atoms with Crippen LogP contribution in [0.1, 0.15) is 79.1 Å². The van der Waals surface area contributed by atoms with Gasteiger partial charge in [-0.25, -0.2) is 0 Å². The van der Waals surface area contributed by atoms with E-state index in [4.69, 9.17) is 13.4 Å². The fraction of sp³-hybridized carbons (Fsp3) is 0.760. The Morgan fingerprint density at radius 2 is 1.28 bits per heavy atom. The zero-order valence-corrected chi connectivity index (χ0v) is 22.4. The summed E-state index contributed by atoms with van der Waals surface area (Å²) in [6.45, 7) is 7.06. The van der Waals surface area contributed by atoms with Gasteiger partial charge in [-0.15, -0.1) is 0 Å². The molecule has 186 valence electrons. The number of epoxide rings is 1. The van der Waals surface area contributed by atoms with Crippen molar-refractivity contribution in [3.63, 3.8) is 0 Å². The fourth-order valence-electron chi connectivity index (χ4n) is 4.43. The summed E-state index contributed by atoms with van der Waals surface area (Å²) in [5.41, 5.74) is 0. The molecule has 1 atom stereocenters. The third kappa shape index (κ3) is 7.97. The predicted molar refractivity (Wildman–Crippen MR) is 136 cm³/mol. The fourth-order valence-corrected chi connectivity index (χ4v) is 14.5. The number of hydrogen-bond acceptors (Lipinski definition) is 5. The Labute approximate surface area is 196 Å². The Hall–Kier alpha value is -0.680. The molecule has 0 spiro atoms.